The fraction of sp³-hybridized carbons (Fsp3) is 0.188. The van der Waals surface area contributed by atoms with Gasteiger partial charge in [0.1, 0.15) is 11.3 Å². The molecule has 0 N–H and O–H groups in total. The summed E-state index contributed by atoms with van der Waals surface area (Å²) in [5.41, 5.74) is 3.02. The first kappa shape index (κ1) is 14.4. The molecule has 1 heterocycles. The first-order valence-electron chi connectivity index (χ1n) is 6.60. The lowest BCUT2D eigenvalue weighted by atomic mass is 10.2. The van der Waals surface area contributed by atoms with Gasteiger partial charge in [0, 0.05) is 17.3 Å². The maximum atomic E-state index is 14.0. The number of rotatable bonds is 3. The summed E-state index contributed by atoms with van der Waals surface area (Å²) in [5, 5.41) is 0.630. The van der Waals surface area contributed by atoms with Crippen LogP contribution in [0.25, 0.3) is 16.7 Å². The molecule has 21 heavy (non-hydrogen) atoms. The molecular formula is C16H13Cl2FN2. The van der Waals surface area contributed by atoms with Crippen LogP contribution in [0.2, 0.25) is 5.02 Å². The topological polar surface area (TPSA) is 17.8 Å². The summed E-state index contributed by atoms with van der Waals surface area (Å²) >= 11 is 12.0. The molecule has 2 nitrogen and oxygen atoms in total. The van der Waals surface area contributed by atoms with Crippen LogP contribution in [0.5, 0.6) is 0 Å². The number of hydrogen-bond acceptors (Lipinski definition) is 1. The summed E-state index contributed by atoms with van der Waals surface area (Å²) in [7, 11) is 0. The van der Waals surface area contributed by atoms with E-state index in [0.29, 0.717) is 22.8 Å². The third kappa shape index (κ3) is 2.52. The van der Waals surface area contributed by atoms with Crippen LogP contribution in [-0.4, -0.2) is 15.4 Å². The predicted molar refractivity (Wildman–Crippen MR) is 85.2 cm³/mol. The van der Waals surface area contributed by atoms with Crippen LogP contribution in [0.1, 0.15) is 11.4 Å². The molecule has 0 atom stereocenters. The van der Waals surface area contributed by atoms with E-state index in [9.17, 15) is 4.39 Å². The lowest BCUT2D eigenvalue weighted by molar-refractivity contribution is 0.637. The van der Waals surface area contributed by atoms with Gasteiger partial charge in [-0.2, -0.15) is 0 Å². The van der Waals surface area contributed by atoms with Gasteiger partial charge in [-0.3, -0.25) is 4.57 Å². The Morgan fingerprint density at radius 1 is 1.24 bits per heavy atom. The van der Waals surface area contributed by atoms with Crippen molar-refractivity contribution < 1.29 is 4.39 Å². The third-order valence-corrected chi connectivity index (χ3v) is 3.86. The molecule has 0 saturated carbocycles. The molecule has 1 aromatic heterocycles. The van der Waals surface area contributed by atoms with Gasteiger partial charge in [0.15, 0.2) is 5.82 Å². The van der Waals surface area contributed by atoms with Gasteiger partial charge < -0.3 is 0 Å². The number of benzene rings is 2. The molecule has 0 radical (unpaired) electrons. The number of alkyl halides is 1. The van der Waals surface area contributed by atoms with Crippen molar-refractivity contribution in [2.45, 2.75) is 13.3 Å². The van der Waals surface area contributed by atoms with Crippen molar-refractivity contribution in [3.05, 3.63) is 58.6 Å². The summed E-state index contributed by atoms with van der Waals surface area (Å²) in [6.07, 6.45) is 0.557. The Morgan fingerprint density at radius 2 is 2.05 bits per heavy atom. The van der Waals surface area contributed by atoms with E-state index in [4.69, 9.17) is 23.2 Å². The zero-order valence-corrected chi connectivity index (χ0v) is 12.9. The summed E-state index contributed by atoms with van der Waals surface area (Å²) < 4.78 is 15.9. The number of aryl methyl sites for hydroxylation is 2. The molecule has 0 aliphatic heterocycles. The SMILES string of the molecule is Cc1ccc(Cl)cc1-n1c(CCCl)nc2c(F)cccc21. The van der Waals surface area contributed by atoms with Crippen LogP contribution < -0.4 is 0 Å². The van der Waals surface area contributed by atoms with Gasteiger partial charge >= 0.3 is 0 Å². The third-order valence-electron chi connectivity index (χ3n) is 3.44. The van der Waals surface area contributed by atoms with Crippen molar-refractivity contribution in [1.82, 2.24) is 9.55 Å². The Morgan fingerprint density at radius 3 is 2.81 bits per heavy atom. The van der Waals surface area contributed by atoms with Crippen molar-refractivity contribution in [2.75, 3.05) is 5.88 Å². The van der Waals surface area contributed by atoms with Gasteiger partial charge in [0.25, 0.3) is 0 Å². The molecule has 0 saturated heterocycles. The van der Waals surface area contributed by atoms with Gasteiger partial charge in [-0.05, 0) is 36.8 Å². The highest BCUT2D eigenvalue weighted by atomic mass is 35.5. The molecule has 108 valence electrons. The van der Waals surface area contributed by atoms with Crippen molar-refractivity contribution in [1.29, 1.82) is 0 Å². The Balaban J connectivity index is 2.36. The Kier molecular flexibility index (Phi) is 3.87. The minimum Gasteiger partial charge on any atom is -0.296 e. The highest BCUT2D eigenvalue weighted by molar-refractivity contribution is 6.30. The normalized spacial score (nSPS) is 11.2. The zero-order chi connectivity index (χ0) is 15.0. The quantitative estimate of drug-likeness (QED) is 0.626. The van der Waals surface area contributed by atoms with E-state index in [1.807, 2.05) is 35.8 Å². The zero-order valence-electron chi connectivity index (χ0n) is 11.4. The summed E-state index contributed by atoms with van der Waals surface area (Å²) in [6.45, 7) is 1.99. The number of halogens is 3. The fourth-order valence-corrected chi connectivity index (χ4v) is 2.79. The second kappa shape index (κ2) is 5.66. The highest BCUT2D eigenvalue weighted by Gasteiger charge is 2.16. The first-order chi connectivity index (χ1) is 10.1. The summed E-state index contributed by atoms with van der Waals surface area (Å²) in [5.74, 6) is 0.821. The van der Waals surface area contributed by atoms with E-state index in [0.717, 1.165) is 22.6 Å². The maximum absolute atomic E-state index is 14.0. The molecule has 5 heteroatoms. The Hall–Kier alpha value is -1.58. The van der Waals surface area contributed by atoms with E-state index in [1.54, 1.807) is 6.07 Å². The van der Waals surface area contributed by atoms with E-state index >= 15 is 0 Å². The van der Waals surface area contributed by atoms with Gasteiger partial charge in [0.05, 0.1) is 11.2 Å². The number of nitrogens with zero attached hydrogens (tertiary/aromatic N) is 2. The molecule has 0 unspecified atom stereocenters. The van der Waals surface area contributed by atoms with Crippen LogP contribution in [-0.2, 0) is 6.42 Å². The summed E-state index contributed by atoms with van der Waals surface area (Å²) in [4.78, 5) is 4.41. The summed E-state index contributed by atoms with van der Waals surface area (Å²) in [6, 6.07) is 10.6. The molecule has 0 amide bonds. The molecule has 0 fully saturated rings. The molecule has 2 aromatic carbocycles. The molecule has 3 rings (SSSR count). The number of hydrogen-bond donors (Lipinski definition) is 0. The lowest BCUT2D eigenvalue weighted by Gasteiger charge is -2.12. The van der Waals surface area contributed by atoms with Crippen molar-refractivity contribution in [2.24, 2.45) is 0 Å². The monoisotopic (exact) mass is 322 g/mol. The second-order valence-electron chi connectivity index (χ2n) is 4.84. The average Bonchev–Trinajstić information content (AvgIpc) is 2.82. The van der Waals surface area contributed by atoms with Crippen molar-refractivity contribution in [3.8, 4) is 5.69 Å². The van der Waals surface area contributed by atoms with Crippen molar-refractivity contribution in [3.63, 3.8) is 0 Å². The second-order valence-corrected chi connectivity index (χ2v) is 5.66. The van der Waals surface area contributed by atoms with Crippen molar-refractivity contribution >= 4 is 34.2 Å². The van der Waals surface area contributed by atoms with Gasteiger partial charge in [-0.25, -0.2) is 9.37 Å². The highest BCUT2D eigenvalue weighted by Crippen LogP contribution is 2.27. The van der Waals surface area contributed by atoms with E-state index in [1.165, 1.54) is 6.07 Å². The molecule has 0 aliphatic carbocycles. The van der Waals surface area contributed by atoms with E-state index in [2.05, 4.69) is 4.98 Å². The molecule has 0 aliphatic rings. The first-order valence-corrected chi connectivity index (χ1v) is 7.51. The Labute approximate surface area is 132 Å². The predicted octanol–water partition coefficient (Wildman–Crippen LogP) is 4.91. The van der Waals surface area contributed by atoms with Crippen LogP contribution >= 0.6 is 23.2 Å². The number of imidazole rings is 1. The molecule has 0 spiro atoms. The van der Waals surface area contributed by atoms with E-state index < -0.39 is 0 Å². The van der Waals surface area contributed by atoms with Gasteiger partial charge in [0.2, 0.25) is 0 Å². The minimum atomic E-state index is -0.332. The van der Waals surface area contributed by atoms with Gasteiger partial charge in [-0.15, -0.1) is 11.6 Å². The van der Waals surface area contributed by atoms with Crippen LogP contribution in [0.3, 0.4) is 0 Å². The maximum Gasteiger partial charge on any atom is 0.151 e. The number of para-hydroxylation sites is 1. The van der Waals surface area contributed by atoms with E-state index in [-0.39, 0.29) is 5.82 Å². The standard InChI is InChI=1S/C16H13Cl2FN2/c1-10-5-6-11(18)9-14(10)21-13-4-2-3-12(19)16(13)20-15(21)7-8-17/h2-6,9H,7-8H2,1H3. The smallest absolute Gasteiger partial charge is 0.151 e. The molecule has 0 bridgehead atoms. The number of fused-ring (bicyclic) bond motifs is 1. The van der Waals surface area contributed by atoms with Crippen LogP contribution in [0.4, 0.5) is 4.39 Å². The van der Waals surface area contributed by atoms with Crippen LogP contribution in [0, 0.1) is 12.7 Å². The largest absolute Gasteiger partial charge is 0.296 e. The average molecular weight is 323 g/mol. The van der Waals surface area contributed by atoms with Gasteiger partial charge in [-0.1, -0.05) is 23.7 Å². The minimum absolute atomic E-state index is 0.332. The fourth-order valence-electron chi connectivity index (χ4n) is 2.46. The molecular weight excluding hydrogens is 310 g/mol. The Bertz CT molecular complexity index is 811. The number of aromatic nitrogens is 2. The van der Waals surface area contributed by atoms with Crippen LogP contribution in [0.15, 0.2) is 36.4 Å². The lowest BCUT2D eigenvalue weighted by Crippen LogP contribution is -2.04. The molecule has 3 aromatic rings.